The molecular formula is C20H17N3O2S. The van der Waals surface area contributed by atoms with Gasteiger partial charge in [-0.3, -0.25) is 4.79 Å². The quantitative estimate of drug-likeness (QED) is 0.500. The first-order valence-corrected chi connectivity index (χ1v) is 9.58. The summed E-state index contributed by atoms with van der Waals surface area (Å²) in [5.74, 6) is 0.782. The summed E-state index contributed by atoms with van der Waals surface area (Å²) in [5, 5.41) is 6.14. The van der Waals surface area contributed by atoms with E-state index in [1.807, 2.05) is 31.2 Å². The second-order valence-corrected chi connectivity index (χ2v) is 7.68. The molecule has 0 N–H and O–H groups in total. The number of hydrogen-bond donors (Lipinski definition) is 0. The lowest BCUT2D eigenvalue weighted by atomic mass is 9.97. The number of benzene rings is 1. The Balaban J connectivity index is 1.63. The molecule has 1 aromatic carbocycles. The Bertz CT molecular complexity index is 1230. The van der Waals surface area contributed by atoms with Gasteiger partial charge in [0.15, 0.2) is 0 Å². The molecule has 1 aliphatic rings. The molecule has 26 heavy (non-hydrogen) atoms. The van der Waals surface area contributed by atoms with Crippen LogP contribution in [0.2, 0.25) is 0 Å². The van der Waals surface area contributed by atoms with E-state index in [-0.39, 0.29) is 5.56 Å². The van der Waals surface area contributed by atoms with Gasteiger partial charge in [-0.2, -0.15) is 9.78 Å². The van der Waals surface area contributed by atoms with Crippen molar-refractivity contribution >= 4 is 38.7 Å². The van der Waals surface area contributed by atoms with Gasteiger partial charge in [-0.1, -0.05) is 18.2 Å². The maximum Gasteiger partial charge on any atom is 0.282 e. The number of fused-ring (bicyclic) bond motifs is 4. The zero-order valence-electron chi connectivity index (χ0n) is 14.4. The number of aromatic nitrogens is 2. The summed E-state index contributed by atoms with van der Waals surface area (Å²) in [6.07, 6.45) is 7.55. The van der Waals surface area contributed by atoms with Crippen molar-refractivity contribution in [3.63, 3.8) is 0 Å². The molecule has 3 aromatic heterocycles. The van der Waals surface area contributed by atoms with Crippen LogP contribution in [0.15, 0.2) is 44.9 Å². The fraction of sp³-hybridized carbons (Fsp3) is 0.250. The van der Waals surface area contributed by atoms with Crippen LogP contribution < -0.4 is 5.56 Å². The maximum atomic E-state index is 13.0. The first-order valence-electron chi connectivity index (χ1n) is 8.77. The van der Waals surface area contributed by atoms with Crippen molar-refractivity contribution in [2.24, 2.45) is 5.10 Å². The molecule has 4 aromatic rings. The molecule has 3 heterocycles. The van der Waals surface area contributed by atoms with E-state index in [9.17, 15) is 4.79 Å². The van der Waals surface area contributed by atoms with E-state index in [1.165, 1.54) is 27.9 Å². The summed E-state index contributed by atoms with van der Waals surface area (Å²) in [4.78, 5) is 19.6. The largest absolute Gasteiger partial charge is 0.461 e. The molecule has 0 spiro atoms. The maximum absolute atomic E-state index is 13.0. The van der Waals surface area contributed by atoms with E-state index in [0.29, 0.717) is 0 Å². The van der Waals surface area contributed by atoms with E-state index >= 15 is 0 Å². The lowest BCUT2D eigenvalue weighted by Gasteiger charge is -2.09. The second kappa shape index (κ2) is 5.92. The van der Waals surface area contributed by atoms with E-state index in [0.717, 1.165) is 51.8 Å². The van der Waals surface area contributed by atoms with Crippen molar-refractivity contribution < 1.29 is 4.42 Å². The van der Waals surface area contributed by atoms with Crippen LogP contribution in [0.5, 0.6) is 0 Å². The Labute approximate surface area is 153 Å². The van der Waals surface area contributed by atoms with Gasteiger partial charge in [-0.05, 0) is 44.2 Å². The summed E-state index contributed by atoms with van der Waals surface area (Å²) in [5.41, 5.74) is 2.80. The number of para-hydroxylation sites is 1. The first kappa shape index (κ1) is 15.5. The van der Waals surface area contributed by atoms with Gasteiger partial charge in [-0.15, -0.1) is 11.3 Å². The topological polar surface area (TPSA) is 60.4 Å². The molecule has 0 unspecified atom stereocenters. The standard InChI is InChI=1S/C20H17N3O2S/c1-12-15(13-6-2-4-8-16(13)25-12)10-22-23-11-21-19-18(20(23)24)14-7-3-5-9-17(14)26-19/h2,4,6,8,10-11H,3,5,7,9H2,1H3/b22-10-. The highest BCUT2D eigenvalue weighted by molar-refractivity contribution is 7.18. The SMILES string of the molecule is Cc1oc2ccccc2c1/C=N\n1cnc2sc3c(c2c1=O)CCCC3. The van der Waals surface area contributed by atoms with E-state index in [4.69, 9.17) is 4.42 Å². The number of furan rings is 1. The third-order valence-electron chi connectivity index (χ3n) is 4.99. The molecule has 5 nitrogen and oxygen atoms in total. The van der Waals surface area contributed by atoms with Crippen molar-refractivity contribution in [3.05, 3.63) is 62.7 Å². The molecule has 0 saturated heterocycles. The molecule has 0 amide bonds. The van der Waals surface area contributed by atoms with Gasteiger partial charge in [0.25, 0.3) is 5.56 Å². The molecule has 0 radical (unpaired) electrons. The monoisotopic (exact) mass is 363 g/mol. The highest BCUT2D eigenvalue weighted by atomic mass is 32.1. The van der Waals surface area contributed by atoms with Gasteiger partial charge in [0.05, 0.1) is 11.6 Å². The third kappa shape index (κ3) is 2.33. The predicted molar refractivity (Wildman–Crippen MR) is 104 cm³/mol. The molecule has 5 rings (SSSR count). The molecule has 1 aliphatic carbocycles. The van der Waals surface area contributed by atoms with Gasteiger partial charge in [0.1, 0.15) is 22.5 Å². The number of rotatable bonds is 2. The van der Waals surface area contributed by atoms with Crippen LogP contribution in [0.1, 0.15) is 34.6 Å². The van der Waals surface area contributed by atoms with Crippen LogP contribution in [0, 0.1) is 6.92 Å². The molecular weight excluding hydrogens is 346 g/mol. The van der Waals surface area contributed by atoms with Gasteiger partial charge in [0, 0.05) is 15.8 Å². The van der Waals surface area contributed by atoms with Gasteiger partial charge >= 0.3 is 0 Å². The Kier molecular flexibility index (Phi) is 3.53. The first-order chi connectivity index (χ1) is 12.7. The van der Waals surface area contributed by atoms with Crippen LogP contribution in [0.25, 0.3) is 21.2 Å². The fourth-order valence-electron chi connectivity index (χ4n) is 3.69. The minimum absolute atomic E-state index is 0.0869. The van der Waals surface area contributed by atoms with Crippen LogP contribution in [-0.4, -0.2) is 15.9 Å². The minimum atomic E-state index is -0.0869. The van der Waals surface area contributed by atoms with Crippen molar-refractivity contribution in [2.45, 2.75) is 32.6 Å². The molecule has 0 fully saturated rings. The average molecular weight is 363 g/mol. The van der Waals surface area contributed by atoms with Crippen molar-refractivity contribution in [1.29, 1.82) is 0 Å². The molecule has 6 heteroatoms. The number of aryl methyl sites for hydroxylation is 3. The zero-order chi connectivity index (χ0) is 17.7. The van der Waals surface area contributed by atoms with E-state index in [1.54, 1.807) is 17.6 Å². The highest BCUT2D eigenvalue weighted by Gasteiger charge is 2.20. The van der Waals surface area contributed by atoms with Crippen molar-refractivity contribution in [2.75, 3.05) is 0 Å². The minimum Gasteiger partial charge on any atom is -0.461 e. The lowest BCUT2D eigenvalue weighted by Crippen LogP contribution is -2.18. The second-order valence-electron chi connectivity index (χ2n) is 6.60. The molecule has 0 atom stereocenters. The van der Waals surface area contributed by atoms with Crippen molar-refractivity contribution in [3.8, 4) is 0 Å². The molecule has 0 bridgehead atoms. The van der Waals surface area contributed by atoms with E-state index < -0.39 is 0 Å². The summed E-state index contributed by atoms with van der Waals surface area (Å²) < 4.78 is 7.10. The van der Waals surface area contributed by atoms with Crippen LogP contribution in [0.3, 0.4) is 0 Å². The van der Waals surface area contributed by atoms with Crippen molar-refractivity contribution in [1.82, 2.24) is 9.66 Å². The normalized spacial score (nSPS) is 14.5. The molecule has 130 valence electrons. The summed E-state index contributed by atoms with van der Waals surface area (Å²) >= 11 is 1.65. The Morgan fingerprint density at radius 3 is 3.04 bits per heavy atom. The number of hydrogen-bond acceptors (Lipinski definition) is 5. The third-order valence-corrected chi connectivity index (χ3v) is 6.19. The van der Waals surface area contributed by atoms with Gasteiger partial charge in [-0.25, -0.2) is 4.98 Å². The lowest BCUT2D eigenvalue weighted by molar-refractivity contribution is 0.578. The van der Waals surface area contributed by atoms with Gasteiger partial charge < -0.3 is 4.42 Å². The molecule has 0 aliphatic heterocycles. The zero-order valence-corrected chi connectivity index (χ0v) is 15.2. The Hall–Kier alpha value is -2.73. The summed E-state index contributed by atoms with van der Waals surface area (Å²) in [6.45, 7) is 1.90. The summed E-state index contributed by atoms with van der Waals surface area (Å²) in [7, 11) is 0. The molecule has 0 saturated carbocycles. The van der Waals surface area contributed by atoms with E-state index in [2.05, 4.69) is 10.1 Å². The Morgan fingerprint density at radius 2 is 2.12 bits per heavy atom. The fourth-order valence-corrected chi connectivity index (χ4v) is 4.91. The smallest absolute Gasteiger partial charge is 0.282 e. The number of thiophene rings is 1. The predicted octanol–water partition coefficient (Wildman–Crippen LogP) is 4.27. The van der Waals surface area contributed by atoms with Crippen LogP contribution in [0.4, 0.5) is 0 Å². The van der Waals surface area contributed by atoms with Crippen LogP contribution in [-0.2, 0) is 12.8 Å². The Morgan fingerprint density at radius 1 is 1.27 bits per heavy atom. The summed E-state index contributed by atoms with van der Waals surface area (Å²) in [6, 6.07) is 7.82. The number of nitrogens with zero attached hydrogens (tertiary/aromatic N) is 3. The van der Waals surface area contributed by atoms with Gasteiger partial charge in [0.2, 0.25) is 0 Å². The average Bonchev–Trinajstić information content (AvgIpc) is 3.18. The van der Waals surface area contributed by atoms with Crippen LogP contribution >= 0.6 is 11.3 Å². The highest BCUT2D eigenvalue weighted by Crippen LogP contribution is 2.33.